The molecule has 2 rings (SSSR count). The molecule has 114 valence electrons. The van der Waals surface area contributed by atoms with Crippen LogP contribution in [0.15, 0.2) is 36.4 Å². The minimum absolute atomic E-state index is 0.0718. The van der Waals surface area contributed by atoms with E-state index in [0.717, 1.165) is 8.92 Å². The van der Waals surface area contributed by atoms with Crippen molar-refractivity contribution >= 4 is 47.1 Å². The Kier molecular flexibility index (Phi) is 5.11. The molecule has 22 heavy (non-hydrogen) atoms. The fraction of sp³-hybridized carbons (Fsp3) is 0. The van der Waals surface area contributed by atoms with Crippen molar-refractivity contribution < 1.29 is 30.0 Å². The average molecular weight is 432 g/mol. The molecule has 0 bridgehead atoms. The van der Waals surface area contributed by atoms with E-state index in [4.69, 9.17) is 10.2 Å². The number of hydrogen-bond donors (Lipinski definition) is 4. The normalized spacial score (nSPS) is 10.4. The van der Waals surface area contributed by atoms with Gasteiger partial charge in [0, 0.05) is 0 Å². The van der Waals surface area contributed by atoms with E-state index in [9.17, 15) is 19.8 Å². The van der Waals surface area contributed by atoms with Gasteiger partial charge in [0.25, 0.3) is 0 Å². The van der Waals surface area contributed by atoms with E-state index in [1.54, 1.807) is 12.1 Å². The van der Waals surface area contributed by atoms with Crippen molar-refractivity contribution in [2.24, 2.45) is 0 Å². The number of carboxylic acid groups (broad SMARTS) is 2. The van der Waals surface area contributed by atoms with E-state index in [0.29, 0.717) is 0 Å². The summed E-state index contributed by atoms with van der Waals surface area (Å²) in [6.45, 7) is 0. The fourth-order valence-corrected chi connectivity index (χ4v) is 7.55. The quantitative estimate of drug-likeness (QED) is 0.486. The zero-order valence-corrected chi connectivity index (χ0v) is 14.3. The SMILES string of the molecule is O=C(O)c1cc([Se][Se]c2ccc(O)c(C(=O)O)c2)ccc1O. The van der Waals surface area contributed by atoms with Gasteiger partial charge in [-0.1, -0.05) is 0 Å². The molecule has 0 unspecified atom stereocenters. The van der Waals surface area contributed by atoms with Gasteiger partial charge >= 0.3 is 136 Å². The van der Waals surface area contributed by atoms with Gasteiger partial charge in [-0.15, -0.1) is 0 Å². The topological polar surface area (TPSA) is 115 Å². The summed E-state index contributed by atoms with van der Waals surface area (Å²) in [5.41, 5.74) is -0.292. The Labute approximate surface area is 136 Å². The number of rotatable bonds is 5. The summed E-state index contributed by atoms with van der Waals surface area (Å²) in [6.07, 6.45) is 0. The Morgan fingerprint density at radius 2 is 1.09 bits per heavy atom. The molecule has 0 aliphatic rings. The van der Waals surface area contributed by atoms with Crippen LogP contribution in [0, 0.1) is 0 Å². The van der Waals surface area contributed by atoms with Crippen molar-refractivity contribution in [3.63, 3.8) is 0 Å². The number of hydrogen-bond acceptors (Lipinski definition) is 4. The van der Waals surface area contributed by atoms with E-state index in [2.05, 4.69) is 0 Å². The van der Waals surface area contributed by atoms with Crippen molar-refractivity contribution in [1.82, 2.24) is 0 Å². The molecule has 0 spiro atoms. The summed E-state index contributed by atoms with van der Waals surface area (Å²) in [5, 5.41) is 36.8. The number of aromatic carboxylic acids is 2. The first-order valence-corrected chi connectivity index (χ1v) is 11.9. The first-order valence-electron chi connectivity index (χ1n) is 5.85. The second kappa shape index (κ2) is 6.85. The van der Waals surface area contributed by atoms with Crippen LogP contribution in [0.5, 0.6) is 11.5 Å². The number of phenols is 2. The molecule has 4 N–H and O–H groups in total. The van der Waals surface area contributed by atoms with Crippen molar-refractivity contribution in [1.29, 1.82) is 0 Å². The molecule has 0 saturated heterocycles. The summed E-state index contributed by atoms with van der Waals surface area (Å²) in [6, 6.07) is 8.85. The zero-order valence-electron chi connectivity index (χ0n) is 10.9. The van der Waals surface area contributed by atoms with E-state index in [1.165, 1.54) is 24.3 Å². The Hall–Kier alpha value is -1.98. The van der Waals surface area contributed by atoms with Crippen LogP contribution in [-0.4, -0.2) is 58.6 Å². The Bertz CT molecular complexity index is 681. The van der Waals surface area contributed by atoms with Gasteiger partial charge < -0.3 is 0 Å². The predicted octanol–water partition coefficient (Wildman–Crippen LogP) is -0.232. The predicted molar refractivity (Wildman–Crippen MR) is 80.9 cm³/mol. The number of carboxylic acids is 2. The molecule has 2 aromatic rings. The molecule has 8 heteroatoms. The molecule has 0 aromatic heterocycles. The van der Waals surface area contributed by atoms with Crippen LogP contribution in [-0.2, 0) is 0 Å². The molecule has 0 aliphatic heterocycles. The molecule has 0 fully saturated rings. The monoisotopic (exact) mass is 434 g/mol. The van der Waals surface area contributed by atoms with Gasteiger partial charge in [-0.3, -0.25) is 0 Å². The first kappa shape index (κ1) is 16.4. The molecule has 0 aliphatic carbocycles. The summed E-state index contributed by atoms with van der Waals surface area (Å²) >= 11 is -0.144. The van der Waals surface area contributed by atoms with Gasteiger partial charge in [-0.05, 0) is 0 Å². The average Bonchev–Trinajstić information content (AvgIpc) is 2.47. The van der Waals surface area contributed by atoms with Gasteiger partial charge in [0.2, 0.25) is 0 Å². The van der Waals surface area contributed by atoms with Gasteiger partial charge in [0.15, 0.2) is 0 Å². The fourth-order valence-electron chi connectivity index (χ4n) is 1.57. The van der Waals surface area contributed by atoms with E-state index in [1.807, 2.05) is 0 Å². The number of aromatic hydroxyl groups is 2. The Morgan fingerprint density at radius 1 is 0.727 bits per heavy atom. The van der Waals surface area contributed by atoms with Crippen LogP contribution in [0.25, 0.3) is 0 Å². The van der Waals surface area contributed by atoms with Crippen molar-refractivity contribution in [2.75, 3.05) is 0 Å². The van der Waals surface area contributed by atoms with Crippen molar-refractivity contribution in [2.45, 2.75) is 0 Å². The van der Waals surface area contributed by atoms with E-state index < -0.39 is 11.9 Å². The zero-order chi connectivity index (χ0) is 16.3. The van der Waals surface area contributed by atoms with Crippen LogP contribution in [0.3, 0.4) is 0 Å². The number of carbonyl (C=O) groups is 2. The van der Waals surface area contributed by atoms with E-state index in [-0.39, 0.29) is 48.9 Å². The molecular formula is C14H10O6Se2. The van der Waals surface area contributed by atoms with Crippen LogP contribution in [0.2, 0.25) is 0 Å². The van der Waals surface area contributed by atoms with Crippen molar-refractivity contribution in [3.05, 3.63) is 47.5 Å². The standard InChI is InChI=1S/C14H10O6Se2/c15-11-3-1-7(5-9(11)13(17)18)21-22-8-2-4-12(16)10(6-8)14(19)20/h1-6,15-16H,(H,17,18)(H,19,20). The molecule has 0 atom stereocenters. The molecule has 0 saturated carbocycles. The Morgan fingerprint density at radius 3 is 1.41 bits per heavy atom. The first-order chi connectivity index (χ1) is 10.4. The van der Waals surface area contributed by atoms with Crippen LogP contribution < -0.4 is 8.92 Å². The Balaban J connectivity index is 2.17. The summed E-state index contributed by atoms with van der Waals surface area (Å²) in [5.74, 6) is -2.95. The van der Waals surface area contributed by atoms with Gasteiger partial charge in [0.1, 0.15) is 0 Å². The van der Waals surface area contributed by atoms with Gasteiger partial charge in [-0.2, -0.15) is 0 Å². The maximum absolute atomic E-state index is 11.0. The molecule has 0 amide bonds. The van der Waals surface area contributed by atoms with Gasteiger partial charge in [0.05, 0.1) is 0 Å². The third kappa shape index (κ3) is 3.81. The molecular weight excluding hydrogens is 422 g/mol. The third-order valence-electron chi connectivity index (χ3n) is 2.63. The number of benzene rings is 2. The maximum atomic E-state index is 11.0. The van der Waals surface area contributed by atoms with Crippen LogP contribution in [0.1, 0.15) is 20.7 Å². The van der Waals surface area contributed by atoms with Crippen LogP contribution in [0.4, 0.5) is 0 Å². The summed E-state index contributed by atoms with van der Waals surface area (Å²) in [4.78, 5) is 21.9. The second-order valence-corrected chi connectivity index (χ2v) is 10.4. The third-order valence-corrected chi connectivity index (χ3v) is 9.78. The summed E-state index contributed by atoms with van der Waals surface area (Å²) in [7, 11) is 0. The van der Waals surface area contributed by atoms with Gasteiger partial charge in [-0.25, -0.2) is 0 Å². The van der Waals surface area contributed by atoms with E-state index >= 15 is 0 Å². The molecule has 0 radical (unpaired) electrons. The molecule has 0 heterocycles. The van der Waals surface area contributed by atoms with Crippen LogP contribution >= 0.6 is 0 Å². The second-order valence-electron chi connectivity index (χ2n) is 4.13. The molecule has 6 nitrogen and oxygen atoms in total. The summed E-state index contributed by atoms with van der Waals surface area (Å²) < 4.78 is 1.60. The van der Waals surface area contributed by atoms with Crippen molar-refractivity contribution in [3.8, 4) is 11.5 Å². The molecule has 2 aromatic carbocycles. The minimum atomic E-state index is -1.19.